The standard InChI is InChI=1S/C34H51FN4O5/c1-24(32(23-41)26(3)18-27-19-28(35)21-30(20-27)39-12-10-29(22-39)36-4)7-9-33(25(2)6-8-31(42)11-17-40)44-34(43)38-15-13-37(5)14-16-38/h7,9,17-21,23-25,29,31-33,36,42H,6,8,10-16,22H2,1-5H3/b9-7+,26-18+/t24-,25+,29-,31-,32-,33-/m0/s1. The summed E-state index contributed by atoms with van der Waals surface area (Å²) in [4.78, 5) is 42.2. The summed E-state index contributed by atoms with van der Waals surface area (Å²) < 4.78 is 20.6. The number of aliphatic hydroxyl groups is 1. The Bertz CT molecular complexity index is 1150. The van der Waals surface area contributed by atoms with E-state index in [1.165, 1.54) is 6.07 Å². The molecule has 2 saturated heterocycles. The molecule has 0 spiro atoms. The summed E-state index contributed by atoms with van der Waals surface area (Å²) in [6.07, 6.45) is 7.55. The normalized spacial score (nSPS) is 21.6. The van der Waals surface area contributed by atoms with Crippen LogP contribution in [0.5, 0.6) is 0 Å². The molecule has 2 fully saturated rings. The minimum atomic E-state index is -0.738. The lowest BCUT2D eigenvalue weighted by Gasteiger charge is -2.33. The third-order valence-electron chi connectivity index (χ3n) is 8.99. The number of hydrogen-bond donors (Lipinski definition) is 2. The quantitative estimate of drug-likeness (QED) is 0.225. The van der Waals surface area contributed by atoms with Gasteiger partial charge in [-0.05, 0) is 82.0 Å². The number of likely N-dealkylation sites (N-methyl/N-ethyl adjacent to an activating group) is 2. The summed E-state index contributed by atoms with van der Waals surface area (Å²) in [6, 6.07) is 5.37. The van der Waals surface area contributed by atoms with E-state index in [2.05, 4.69) is 15.1 Å². The number of carbonyl (C=O) groups excluding carboxylic acids is 3. The van der Waals surface area contributed by atoms with Crippen molar-refractivity contribution in [3.05, 3.63) is 47.3 Å². The van der Waals surface area contributed by atoms with E-state index in [9.17, 15) is 23.9 Å². The largest absolute Gasteiger partial charge is 0.442 e. The number of carbonyl (C=O) groups is 3. The topological polar surface area (TPSA) is 102 Å². The van der Waals surface area contributed by atoms with Crippen LogP contribution in [0.2, 0.25) is 0 Å². The Morgan fingerprint density at radius 3 is 2.48 bits per heavy atom. The van der Waals surface area contributed by atoms with Crippen LogP contribution in [0.4, 0.5) is 14.9 Å². The van der Waals surface area contributed by atoms with Gasteiger partial charge >= 0.3 is 6.09 Å². The molecule has 6 atom stereocenters. The van der Waals surface area contributed by atoms with Crippen molar-refractivity contribution in [1.29, 1.82) is 0 Å². The van der Waals surface area contributed by atoms with Crippen molar-refractivity contribution in [1.82, 2.24) is 15.1 Å². The molecule has 2 aliphatic heterocycles. The Kier molecular flexibility index (Phi) is 14.0. The van der Waals surface area contributed by atoms with Crippen molar-refractivity contribution < 1.29 is 28.6 Å². The number of piperazine rings is 1. The molecule has 0 aliphatic carbocycles. The fourth-order valence-electron chi connectivity index (χ4n) is 5.88. The molecule has 44 heavy (non-hydrogen) atoms. The summed E-state index contributed by atoms with van der Waals surface area (Å²) >= 11 is 0. The molecule has 10 heteroatoms. The third kappa shape index (κ3) is 10.5. The molecule has 0 radical (unpaired) electrons. The van der Waals surface area contributed by atoms with Gasteiger partial charge in [-0.25, -0.2) is 9.18 Å². The smallest absolute Gasteiger partial charge is 0.410 e. The Labute approximate surface area is 262 Å². The highest BCUT2D eigenvalue weighted by Gasteiger charge is 2.27. The predicted molar refractivity (Wildman–Crippen MR) is 172 cm³/mol. The molecular formula is C34H51FN4O5. The van der Waals surface area contributed by atoms with Crippen molar-refractivity contribution in [3.8, 4) is 0 Å². The number of nitrogens with one attached hydrogen (secondary N) is 1. The molecule has 2 N–H and O–H groups in total. The molecule has 0 aromatic heterocycles. The van der Waals surface area contributed by atoms with E-state index in [-0.39, 0.29) is 30.2 Å². The molecule has 9 nitrogen and oxygen atoms in total. The van der Waals surface area contributed by atoms with Gasteiger partial charge in [0.25, 0.3) is 0 Å². The molecule has 0 saturated carbocycles. The average Bonchev–Trinajstić information content (AvgIpc) is 3.48. The van der Waals surface area contributed by atoms with Crippen LogP contribution in [-0.4, -0.2) is 105 Å². The van der Waals surface area contributed by atoms with Crippen LogP contribution in [0.3, 0.4) is 0 Å². The number of halogens is 1. The predicted octanol–water partition coefficient (Wildman–Crippen LogP) is 4.15. The number of anilines is 1. The summed E-state index contributed by atoms with van der Waals surface area (Å²) in [5, 5.41) is 13.4. The Hall–Kier alpha value is -3.08. The lowest BCUT2D eigenvalue weighted by molar-refractivity contribution is -0.111. The highest BCUT2D eigenvalue weighted by molar-refractivity contribution is 5.69. The van der Waals surface area contributed by atoms with Gasteiger partial charge in [-0.2, -0.15) is 0 Å². The molecular weight excluding hydrogens is 563 g/mol. The van der Waals surface area contributed by atoms with Crippen LogP contribution in [-0.2, 0) is 14.3 Å². The molecule has 3 rings (SSSR count). The number of hydrogen-bond acceptors (Lipinski definition) is 8. The first-order valence-electron chi connectivity index (χ1n) is 15.8. The van der Waals surface area contributed by atoms with Crippen molar-refractivity contribution in [2.24, 2.45) is 17.8 Å². The van der Waals surface area contributed by atoms with Crippen LogP contribution in [0.15, 0.2) is 35.9 Å². The maximum Gasteiger partial charge on any atom is 0.410 e. The fourth-order valence-corrected chi connectivity index (χ4v) is 5.88. The van der Waals surface area contributed by atoms with Gasteiger partial charge in [0.1, 0.15) is 24.5 Å². The fraction of sp³-hybridized carbons (Fsp3) is 0.618. The lowest BCUT2D eigenvalue weighted by Crippen LogP contribution is -2.48. The van der Waals surface area contributed by atoms with Gasteiger partial charge in [0.05, 0.1) is 6.10 Å². The zero-order valence-corrected chi connectivity index (χ0v) is 27.0. The van der Waals surface area contributed by atoms with Crippen molar-refractivity contribution in [2.45, 2.75) is 64.7 Å². The number of rotatable bonds is 15. The summed E-state index contributed by atoms with van der Waals surface area (Å²) in [5.41, 5.74) is 2.34. The zero-order chi connectivity index (χ0) is 32.2. The van der Waals surface area contributed by atoms with Gasteiger partial charge < -0.3 is 39.4 Å². The Balaban J connectivity index is 1.74. The van der Waals surface area contributed by atoms with Gasteiger partial charge in [-0.15, -0.1) is 0 Å². The van der Waals surface area contributed by atoms with E-state index in [0.717, 1.165) is 50.1 Å². The first-order chi connectivity index (χ1) is 21.0. The van der Waals surface area contributed by atoms with Crippen molar-refractivity contribution >= 4 is 30.4 Å². The van der Waals surface area contributed by atoms with Crippen molar-refractivity contribution in [3.63, 3.8) is 0 Å². The van der Waals surface area contributed by atoms with Gasteiger partial charge in [-0.3, -0.25) is 0 Å². The number of allylic oxidation sites excluding steroid dienone is 2. The van der Waals surface area contributed by atoms with E-state index in [0.29, 0.717) is 43.8 Å². The van der Waals surface area contributed by atoms with Gasteiger partial charge in [0, 0.05) is 63.3 Å². The van der Waals surface area contributed by atoms with Crippen LogP contribution < -0.4 is 10.2 Å². The summed E-state index contributed by atoms with van der Waals surface area (Å²) in [5.74, 6) is -1.12. The first-order valence-corrected chi connectivity index (χ1v) is 15.8. The number of amides is 1. The number of ether oxygens (including phenoxy) is 1. The zero-order valence-electron chi connectivity index (χ0n) is 27.0. The number of aldehydes is 2. The van der Waals surface area contributed by atoms with E-state index < -0.39 is 18.1 Å². The van der Waals surface area contributed by atoms with E-state index >= 15 is 0 Å². The minimum absolute atomic E-state index is 0.0687. The minimum Gasteiger partial charge on any atom is -0.442 e. The number of nitrogens with zero attached hydrogens (tertiary/aromatic N) is 3. The Morgan fingerprint density at radius 1 is 1.11 bits per heavy atom. The number of benzene rings is 1. The average molecular weight is 615 g/mol. The molecule has 2 aliphatic rings. The summed E-state index contributed by atoms with van der Waals surface area (Å²) in [6.45, 7) is 10.1. The second-order valence-corrected chi connectivity index (χ2v) is 12.5. The van der Waals surface area contributed by atoms with E-state index in [1.54, 1.807) is 11.0 Å². The molecule has 0 bridgehead atoms. The van der Waals surface area contributed by atoms with Crippen LogP contribution >= 0.6 is 0 Å². The maximum absolute atomic E-state index is 14.6. The molecule has 0 unspecified atom stereocenters. The van der Waals surface area contributed by atoms with E-state index in [4.69, 9.17) is 4.74 Å². The second kappa shape index (κ2) is 17.4. The van der Waals surface area contributed by atoms with Gasteiger partial charge in [0.2, 0.25) is 0 Å². The number of aliphatic hydroxyl groups excluding tert-OH is 1. The SMILES string of the molecule is CN[C@H]1CCN(c2cc(F)cc(/C=C(\C)[C@@H](C=O)[C@@H](C)/C=C/[C@H](OC(=O)N3CCN(C)CC3)[C@H](C)CC[C@H](O)CC=O)c2)C1. The van der Waals surface area contributed by atoms with Crippen LogP contribution in [0, 0.1) is 23.6 Å². The highest BCUT2D eigenvalue weighted by Crippen LogP contribution is 2.28. The summed E-state index contributed by atoms with van der Waals surface area (Å²) in [7, 11) is 3.95. The van der Waals surface area contributed by atoms with Gasteiger partial charge in [0.15, 0.2) is 0 Å². The van der Waals surface area contributed by atoms with Crippen LogP contribution in [0.25, 0.3) is 6.08 Å². The molecule has 1 aromatic rings. The molecule has 1 amide bonds. The third-order valence-corrected chi connectivity index (χ3v) is 8.99. The molecule has 244 valence electrons. The molecule has 1 aromatic carbocycles. The first kappa shape index (κ1) is 35.4. The van der Waals surface area contributed by atoms with Crippen LogP contribution in [0.1, 0.15) is 52.0 Å². The highest BCUT2D eigenvalue weighted by atomic mass is 19.1. The van der Waals surface area contributed by atoms with Gasteiger partial charge in [-0.1, -0.05) is 31.6 Å². The Morgan fingerprint density at radius 2 is 1.84 bits per heavy atom. The molecule has 2 heterocycles. The van der Waals surface area contributed by atoms with E-state index in [1.807, 2.05) is 59.2 Å². The van der Waals surface area contributed by atoms with Crippen molar-refractivity contribution in [2.75, 3.05) is 58.3 Å². The second-order valence-electron chi connectivity index (χ2n) is 12.5. The lowest BCUT2D eigenvalue weighted by atomic mass is 9.86. The monoisotopic (exact) mass is 614 g/mol. The maximum atomic E-state index is 14.6.